The minimum atomic E-state index is -0.290. The Kier molecular flexibility index (Phi) is 3.96. The SMILES string of the molecule is O=C1NC2(CCCCC2)N=C2[C@@H]3CCC[C@]12CN(C1CCCCC1)C3. The molecule has 4 heteroatoms. The first-order chi connectivity index (χ1) is 12.2. The molecule has 3 aliphatic carbocycles. The third-order valence-corrected chi connectivity index (χ3v) is 7.85. The summed E-state index contributed by atoms with van der Waals surface area (Å²) < 4.78 is 0. The maximum atomic E-state index is 13.4. The standard InChI is InChI=1S/C21H33N3O/c25-19-20-11-7-8-16(14-24(15-20)17-9-3-1-4-10-17)18(20)22-21(23-19)12-5-2-6-13-21/h16-17H,1-15H2,(H,23,25)/t16-,20-/m1/s1. The first-order valence-corrected chi connectivity index (χ1v) is 10.9. The number of hydrogen-bond acceptors (Lipinski definition) is 3. The van der Waals surface area contributed by atoms with Crippen LogP contribution in [-0.2, 0) is 4.79 Å². The second-order valence-corrected chi connectivity index (χ2v) is 9.44. The number of hydrogen-bond donors (Lipinski definition) is 1. The molecule has 1 saturated heterocycles. The van der Waals surface area contributed by atoms with Gasteiger partial charge in [-0.2, -0.15) is 0 Å². The molecule has 0 radical (unpaired) electrons. The molecule has 2 heterocycles. The van der Waals surface area contributed by atoms with E-state index in [-0.39, 0.29) is 11.1 Å². The Balaban J connectivity index is 1.48. The van der Waals surface area contributed by atoms with E-state index in [1.54, 1.807) is 0 Å². The molecular formula is C21H33N3O. The summed E-state index contributed by atoms with van der Waals surface area (Å²) >= 11 is 0. The average Bonchev–Trinajstić information content (AvgIpc) is 2.62. The van der Waals surface area contributed by atoms with Crippen molar-refractivity contribution in [2.75, 3.05) is 13.1 Å². The summed E-state index contributed by atoms with van der Waals surface area (Å²) in [4.78, 5) is 21.5. The molecule has 138 valence electrons. The van der Waals surface area contributed by atoms with E-state index in [4.69, 9.17) is 4.99 Å². The molecule has 1 amide bonds. The number of nitrogens with one attached hydrogen (secondary N) is 1. The molecule has 5 rings (SSSR count). The first-order valence-electron chi connectivity index (χ1n) is 10.9. The van der Waals surface area contributed by atoms with E-state index in [9.17, 15) is 4.79 Å². The molecular weight excluding hydrogens is 310 g/mol. The van der Waals surface area contributed by atoms with Gasteiger partial charge in [0.05, 0.1) is 5.41 Å². The van der Waals surface area contributed by atoms with Crippen molar-refractivity contribution in [2.45, 2.75) is 95.2 Å². The van der Waals surface area contributed by atoms with Crippen LogP contribution in [0.4, 0.5) is 0 Å². The van der Waals surface area contributed by atoms with Crippen LogP contribution in [0.2, 0.25) is 0 Å². The second-order valence-electron chi connectivity index (χ2n) is 9.44. The Bertz CT molecular complexity index is 574. The molecule has 5 aliphatic rings. The van der Waals surface area contributed by atoms with Crippen LogP contribution in [0, 0.1) is 11.3 Å². The fourth-order valence-corrected chi connectivity index (χ4v) is 6.53. The fourth-order valence-electron chi connectivity index (χ4n) is 6.53. The highest BCUT2D eigenvalue weighted by Crippen LogP contribution is 2.48. The maximum absolute atomic E-state index is 13.4. The summed E-state index contributed by atoms with van der Waals surface area (Å²) in [5.74, 6) is 0.860. The Labute approximate surface area is 151 Å². The van der Waals surface area contributed by atoms with Crippen molar-refractivity contribution in [1.82, 2.24) is 10.2 Å². The van der Waals surface area contributed by atoms with Gasteiger partial charge in [-0.15, -0.1) is 0 Å². The molecule has 0 unspecified atom stereocenters. The zero-order valence-electron chi connectivity index (χ0n) is 15.6. The molecule has 2 atom stereocenters. The summed E-state index contributed by atoms with van der Waals surface area (Å²) in [5, 5.41) is 3.45. The number of piperidine rings is 1. The van der Waals surface area contributed by atoms with Crippen molar-refractivity contribution in [3.63, 3.8) is 0 Å². The molecule has 2 bridgehead atoms. The van der Waals surface area contributed by atoms with Gasteiger partial charge in [0.1, 0.15) is 5.66 Å². The normalized spacial score (nSPS) is 38.8. The Morgan fingerprint density at radius 2 is 1.68 bits per heavy atom. The van der Waals surface area contributed by atoms with Gasteiger partial charge in [-0.25, -0.2) is 0 Å². The number of amides is 1. The van der Waals surface area contributed by atoms with E-state index in [0.29, 0.717) is 17.9 Å². The second kappa shape index (κ2) is 6.07. The van der Waals surface area contributed by atoms with Crippen LogP contribution in [-0.4, -0.2) is 41.3 Å². The van der Waals surface area contributed by atoms with Gasteiger partial charge in [-0.1, -0.05) is 32.1 Å². The van der Waals surface area contributed by atoms with Gasteiger partial charge in [0, 0.05) is 30.8 Å². The van der Waals surface area contributed by atoms with Gasteiger partial charge in [0.15, 0.2) is 0 Å². The molecule has 0 aromatic heterocycles. The van der Waals surface area contributed by atoms with E-state index in [0.717, 1.165) is 32.4 Å². The van der Waals surface area contributed by atoms with Crippen LogP contribution in [0.5, 0.6) is 0 Å². The van der Waals surface area contributed by atoms with Crippen molar-refractivity contribution in [2.24, 2.45) is 16.3 Å². The lowest BCUT2D eigenvalue weighted by Crippen LogP contribution is -2.70. The lowest BCUT2D eigenvalue weighted by molar-refractivity contribution is -0.135. The van der Waals surface area contributed by atoms with Gasteiger partial charge in [0.2, 0.25) is 5.91 Å². The minimum Gasteiger partial charge on any atom is -0.331 e. The highest BCUT2D eigenvalue weighted by atomic mass is 16.2. The first kappa shape index (κ1) is 16.3. The quantitative estimate of drug-likeness (QED) is 0.790. The lowest BCUT2D eigenvalue weighted by Gasteiger charge is -2.56. The number of carbonyl (C=O) groups is 1. The average molecular weight is 344 g/mol. The molecule has 2 aliphatic heterocycles. The van der Waals surface area contributed by atoms with Gasteiger partial charge >= 0.3 is 0 Å². The monoisotopic (exact) mass is 343 g/mol. The van der Waals surface area contributed by atoms with E-state index >= 15 is 0 Å². The molecule has 4 nitrogen and oxygen atoms in total. The predicted octanol–water partition coefficient (Wildman–Crippen LogP) is 3.65. The van der Waals surface area contributed by atoms with Gasteiger partial charge in [-0.05, 0) is 51.4 Å². The largest absolute Gasteiger partial charge is 0.331 e. The maximum Gasteiger partial charge on any atom is 0.235 e. The number of nitrogens with zero attached hydrogens (tertiary/aromatic N) is 2. The van der Waals surface area contributed by atoms with E-state index < -0.39 is 0 Å². The van der Waals surface area contributed by atoms with E-state index in [1.807, 2.05) is 0 Å². The lowest BCUT2D eigenvalue weighted by atomic mass is 9.62. The van der Waals surface area contributed by atoms with Crippen LogP contribution >= 0.6 is 0 Å². The zero-order chi connectivity index (χ0) is 16.9. The van der Waals surface area contributed by atoms with Crippen molar-refractivity contribution >= 4 is 11.6 Å². The predicted molar refractivity (Wildman–Crippen MR) is 99.6 cm³/mol. The molecule has 0 aromatic rings. The molecule has 0 aromatic carbocycles. The van der Waals surface area contributed by atoms with E-state index in [1.165, 1.54) is 69.9 Å². The van der Waals surface area contributed by atoms with Crippen LogP contribution in [0.25, 0.3) is 0 Å². The van der Waals surface area contributed by atoms with Crippen molar-refractivity contribution in [3.8, 4) is 0 Å². The molecule has 3 saturated carbocycles. The fraction of sp³-hybridized carbons (Fsp3) is 0.905. The molecule has 4 fully saturated rings. The van der Waals surface area contributed by atoms with Crippen LogP contribution in [0.1, 0.15) is 83.5 Å². The minimum absolute atomic E-state index is 0.239. The summed E-state index contributed by atoms with van der Waals surface area (Å²) in [6, 6.07) is 0.714. The molecule has 25 heavy (non-hydrogen) atoms. The number of aliphatic imine (C=N–C) groups is 1. The van der Waals surface area contributed by atoms with Gasteiger partial charge < -0.3 is 5.32 Å². The Morgan fingerprint density at radius 3 is 2.48 bits per heavy atom. The van der Waals surface area contributed by atoms with Crippen molar-refractivity contribution in [1.29, 1.82) is 0 Å². The number of carbonyl (C=O) groups excluding carboxylic acids is 1. The van der Waals surface area contributed by atoms with E-state index in [2.05, 4.69) is 10.2 Å². The highest BCUT2D eigenvalue weighted by Gasteiger charge is 2.58. The summed E-state index contributed by atoms with van der Waals surface area (Å²) in [7, 11) is 0. The topological polar surface area (TPSA) is 44.7 Å². The van der Waals surface area contributed by atoms with Crippen molar-refractivity contribution < 1.29 is 4.79 Å². The van der Waals surface area contributed by atoms with Gasteiger partial charge in [0.25, 0.3) is 0 Å². The van der Waals surface area contributed by atoms with Crippen LogP contribution in [0.15, 0.2) is 4.99 Å². The number of rotatable bonds is 1. The smallest absolute Gasteiger partial charge is 0.235 e. The van der Waals surface area contributed by atoms with Gasteiger partial charge in [-0.3, -0.25) is 14.7 Å². The molecule has 1 spiro atoms. The third kappa shape index (κ3) is 2.58. The van der Waals surface area contributed by atoms with Crippen LogP contribution in [0.3, 0.4) is 0 Å². The Hall–Kier alpha value is -0.900. The third-order valence-electron chi connectivity index (χ3n) is 7.85. The number of likely N-dealkylation sites (tertiary alicyclic amines) is 1. The summed E-state index contributed by atoms with van der Waals surface area (Å²) in [6.07, 6.45) is 16.1. The molecule has 1 N–H and O–H groups in total. The zero-order valence-corrected chi connectivity index (χ0v) is 15.6. The van der Waals surface area contributed by atoms with Crippen LogP contribution < -0.4 is 5.32 Å². The highest BCUT2D eigenvalue weighted by molar-refractivity contribution is 6.13. The Morgan fingerprint density at radius 1 is 0.920 bits per heavy atom. The summed E-state index contributed by atoms with van der Waals surface area (Å²) in [5.41, 5.74) is 0.786. The van der Waals surface area contributed by atoms with Crippen molar-refractivity contribution in [3.05, 3.63) is 0 Å². The summed E-state index contributed by atoms with van der Waals surface area (Å²) in [6.45, 7) is 2.10.